The molecule has 0 saturated heterocycles. The van der Waals surface area contributed by atoms with Gasteiger partial charge in [-0.15, -0.1) is 6.42 Å². The van der Waals surface area contributed by atoms with Crippen LogP contribution in [0.3, 0.4) is 0 Å². The molecule has 0 atom stereocenters. The number of carboxylic acids is 1. The molecule has 1 aromatic rings. The Bertz CT molecular complexity index is 446. The first-order chi connectivity index (χ1) is 8.04. The number of aliphatic carboxylic acids is 1. The van der Waals surface area contributed by atoms with E-state index >= 15 is 0 Å². The van der Waals surface area contributed by atoms with Crippen LogP contribution in [-0.2, 0) is 4.79 Å². The molecular weight excluding hydrogens is 214 g/mol. The van der Waals surface area contributed by atoms with Gasteiger partial charge in [0.25, 0.3) is 0 Å². The maximum absolute atomic E-state index is 10.6. The highest BCUT2D eigenvalue weighted by molar-refractivity contribution is 5.68. The molecule has 0 radical (unpaired) electrons. The van der Waals surface area contributed by atoms with Crippen LogP contribution < -0.4 is 4.90 Å². The van der Waals surface area contributed by atoms with Gasteiger partial charge in [-0.05, 0) is 31.0 Å². The van der Waals surface area contributed by atoms with Gasteiger partial charge in [0.15, 0.2) is 0 Å². The minimum absolute atomic E-state index is 0.0923. The van der Waals surface area contributed by atoms with E-state index in [1.807, 2.05) is 36.9 Å². The summed E-state index contributed by atoms with van der Waals surface area (Å²) in [5.41, 5.74) is 3.27. The van der Waals surface area contributed by atoms with Gasteiger partial charge in [-0.1, -0.05) is 18.1 Å². The van der Waals surface area contributed by atoms with Crippen molar-refractivity contribution in [3.05, 3.63) is 29.3 Å². The average molecular weight is 231 g/mol. The van der Waals surface area contributed by atoms with E-state index in [2.05, 4.69) is 5.92 Å². The summed E-state index contributed by atoms with van der Waals surface area (Å²) >= 11 is 0. The molecule has 90 valence electrons. The van der Waals surface area contributed by atoms with Crippen molar-refractivity contribution in [3.8, 4) is 12.3 Å². The number of hydrogen-bond donors (Lipinski definition) is 1. The number of benzene rings is 1. The van der Waals surface area contributed by atoms with E-state index in [0.29, 0.717) is 13.1 Å². The molecule has 17 heavy (non-hydrogen) atoms. The quantitative estimate of drug-likeness (QED) is 0.790. The Kier molecular flexibility index (Phi) is 4.59. The third-order valence-corrected chi connectivity index (χ3v) is 2.58. The number of hydrogen-bond acceptors (Lipinski definition) is 2. The highest BCUT2D eigenvalue weighted by Gasteiger charge is 2.10. The summed E-state index contributed by atoms with van der Waals surface area (Å²) in [5.74, 6) is 1.76. The molecule has 3 heteroatoms. The van der Waals surface area contributed by atoms with Crippen LogP contribution in [0.25, 0.3) is 0 Å². The molecule has 1 rings (SSSR count). The number of nitrogens with zero attached hydrogens (tertiary/aromatic N) is 1. The van der Waals surface area contributed by atoms with Gasteiger partial charge >= 0.3 is 5.97 Å². The van der Waals surface area contributed by atoms with Gasteiger partial charge in [0.05, 0.1) is 13.0 Å². The van der Waals surface area contributed by atoms with E-state index in [9.17, 15) is 4.79 Å². The fourth-order valence-electron chi connectivity index (χ4n) is 1.69. The molecule has 0 aliphatic rings. The van der Waals surface area contributed by atoms with Crippen molar-refractivity contribution in [2.24, 2.45) is 0 Å². The van der Waals surface area contributed by atoms with Crippen LogP contribution in [-0.4, -0.2) is 24.2 Å². The highest BCUT2D eigenvalue weighted by Crippen LogP contribution is 2.21. The second-order valence-corrected chi connectivity index (χ2v) is 4.06. The van der Waals surface area contributed by atoms with Gasteiger partial charge < -0.3 is 10.0 Å². The maximum atomic E-state index is 10.6. The fraction of sp³-hybridized carbons (Fsp3) is 0.357. The third-order valence-electron chi connectivity index (χ3n) is 2.58. The summed E-state index contributed by atoms with van der Waals surface area (Å²) in [4.78, 5) is 12.5. The summed E-state index contributed by atoms with van der Waals surface area (Å²) in [7, 11) is 0. The summed E-state index contributed by atoms with van der Waals surface area (Å²) in [6, 6.07) is 6.09. The zero-order valence-corrected chi connectivity index (χ0v) is 10.2. The van der Waals surface area contributed by atoms with Crippen LogP contribution >= 0.6 is 0 Å². The van der Waals surface area contributed by atoms with Gasteiger partial charge in [-0.2, -0.15) is 0 Å². The topological polar surface area (TPSA) is 40.5 Å². The highest BCUT2D eigenvalue weighted by atomic mass is 16.4. The SMILES string of the molecule is C#CCN(CCC(=O)O)c1cc(C)ccc1C. The van der Waals surface area contributed by atoms with E-state index in [1.165, 1.54) is 0 Å². The van der Waals surface area contributed by atoms with Crippen LogP contribution in [0.15, 0.2) is 18.2 Å². The molecule has 0 saturated carbocycles. The van der Waals surface area contributed by atoms with Gasteiger partial charge in [0.2, 0.25) is 0 Å². The van der Waals surface area contributed by atoms with Crippen molar-refractivity contribution < 1.29 is 9.90 Å². The number of anilines is 1. The zero-order chi connectivity index (χ0) is 12.8. The third kappa shape index (κ3) is 3.84. The molecule has 3 nitrogen and oxygen atoms in total. The Balaban J connectivity index is 2.92. The van der Waals surface area contributed by atoms with Crippen molar-refractivity contribution in [3.63, 3.8) is 0 Å². The molecular formula is C14H17NO2. The van der Waals surface area contributed by atoms with E-state index in [0.717, 1.165) is 16.8 Å². The van der Waals surface area contributed by atoms with Gasteiger partial charge in [0, 0.05) is 12.2 Å². The Morgan fingerprint density at radius 3 is 2.76 bits per heavy atom. The Morgan fingerprint density at radius 1 is 1.47 bits per heavy atom. The molecule has 0 spiro atoms. The van der Waals surface area contributed by atoms with E-state index < -0.39 is 5.97 Å². The molecule has 1 N–H and O–H groups in total. The van der Waals surface area contributed by atoms with Gasteiger partial charge in [-0.3, -0.25) is 4.79 Å². The lowest BCUT2D eigenvalue weighted by atomic mass is 10.1. The van der Waals surface area contributed by atoms with Crippen LogP contribution in [0.2, 0.25) is 0 Å². The molecule has 0 unspecified atom stereocenters. The van der Waals surface area contributed by atoms with Crippen molar-refractivity contribution in [1.82, 2.24) is 0 Å². The van der Waals surface area contributed by atoms with Crippen molar-refractivity contribution >= 4 is 11.7 Å². The molecule has 0 aliphatic carbocycles. The fourth-order valence-corrected chi connectivity index (χ4v) is 1.69. The smallest absolute Gasteiger partial charge is 0.305 e. The predicted octanol–water partition coefficient (Wildman–Crippen LogP) is 2.22. The molecule has 0 bridgehead atoms. The molecule has 0 aliphatic heterocycles. The maximum Gasteiger partial charge on any atom is 0.305 e. The molecule has 0 aromatic heterocycles. The molecule has 0 amide bonds. The van der Waals surface area contributed by atoms with E-state index in [1.54, 1.807) is 0 Å². The minimum Gasteiger partial charge on any atom is -0.481 e. The average Bonchev–Trinajstić information content (AvgIpc) is 2.27. The first-order valence-corrected chi connectivity index (χ1v) is 5.52. The van der Waals surface area contributed by atoms with Crippen LogP contribution in [0.1, 0.15) is 17.5 Å². The number of carbonyl (C=O) groups is 1. The minimum atomic E-state index is -0.808. The first kappa shape index (κ1) is 13.1. The number of rotatable bonds is 5. The second kappa shape index (κ2) is 5.95. The van der Waals surface area contributed by atoms with Crippen molar-refractivity contribution in [2.75, 3.05) is 18.0 Å². The van der Waals surface area contributed by atoms with E-state index in [-0.39, 0.29) is 6.42 Å². The lowest BCUT2D eigenvalue weighted by molar-refractivity contribution is -0.136. The monoisotopic (exact) mass is 231 g/mol. The summed E-state index contributed by atoms with van der Waals surface area (Å²) in [6.45, 7) is 4.87. The van der Waals surface area contributed by atoms with Gasteiger partial charge in [0.1, 0.15) is 0 Å². The number of terminal acetylenes is 1. The Labute approximate surface area is 102 Å². The number of carboxylic acid groups (broad SMARTS) is 1. The van der Waals surface area contributed by atoms with Crippen LogP contribution in [0, 0.1) is 26.2 Å². The van der Waals surface area contributed by atoms with Crippen LogP contribution in [0.4, 0.5) is 5.69 Å². The Hall–Kier alpha value is -1.95. The molecule has 1 aromatic carbocycles. The Morgan fingerprint density at radius 2 is 2.18 bits per heavy atom. The van der Waals surface area contributed by atoms with Crippen molar-refractivity contribution in [1.29, 1.82) is 0 Å². The molecule has 0 heterocycles. The summed E-state index contributed by atoms with van der Waals surface area (Å²) in [5, 5.41) is 8.72. The number of aryl methyl sites for hydroxylation is 2. The largest absolute Gasteiger partial charge is 0.481 e. The normalized spacial score (nSPS) is 9.71. The lowest BCUT2D eigenvalue weighted by Gasteiger charge is -2.24. The van der Waals surface area contributed by atoms with Crippen LogP contribution in [0.5, 0.6) is 0 Å². The summed E-state index contributed by atoms with van der Waals surface area (Å²) < 4.78 is 0. The summed E-state index contributed by atoms with van der Waals surface area (Å²) in [6.07, 6.45) is 5.41. The van der Waals surface area contributed by atoms with E-state index in [4.69, 9.17) is 11.5 Å². The predicted molar refractivity (Wildman–Crippen MR) is 69.2 cm³/mol. The lowest BCUT2D eigenvalue weighted by Crippen LogP contribution is -2.27. The second-order valence-electron chi connectivity index (χ2n) is 4.06. The molecule has 0 fully saturated rings. The first-order valence-electron chi connectivity index (χ1n) is 5.52. The van der Waals surface area contributed by atoms with Crippen molar-refractivity contribution in [2.45, 2.75) is 20.3 Å². The standard InChI is InChI=1S/C14H17NO2/c1-4-8-15(9-7-14(16)17)13-10-11(2)5-6-12(13)3/h1,5-6,10H,7-9H2,2-3H3,(H,16,17). The van der Waals surface area contributed by atoms with Gasteiger partial charge in [-0.25, -0.2) is 0 Å². The zero-order valence-electron chi connectivity index (χ0n) is 10.2.